The topological polar surface area (TPSA) is 12.0 Å². The van der Waals surface area contributed by atoms with Gasteiger partial charge in [0.05, 0.1) is 0 Å². The molecule has 1 atom stereocenters. The molecule has 2 rings (SSSR count). The molecule has 1 N–H and O–H groups in total. The summed E-state index contributed by atoms with van der Waals surface area (Å²) >= 11 is 0. The van der Waals surface area contributed by atoms with E-state index in [1.165, 1.54) is 25.7 Å². The zero-order valence-electron chi connectivity index (χ0n) is 11.8. The average molecular weight is 267 g/mol. The van der Waals surface area contributed by atoms with E-state index in [-0.39, 0.29) is 6.04 Å². The number of halogens is 2. The molecular weight excluding hydrogens is 244 g/mol. The highest BCUT2D eigenvalue weighted by molar-refractivity contribution is 5.28. The van der Waals surface area contributed by atoms with Crippen molar-refractivity contribution in [2.24, 2.45) is 5.92 Å². The highest BCUT2D eigenvalue weighted by Crippen LogP contribution is 2.34. The second-order valence-electron chi connectivity index (χ2n) is 5.62. The molecule has 1 unspecified atom stereocenters. The molecule has 0 aromatic heterocycles. The van der Waals surface area contributed by atoms with Gasteiger partial charge in [0, 0.05) is 17.7 Å². The molecule has 1 aromatic carbocycles. The van der Waals surface area contributed by atoms with Gasteiger partial charge in [0.15, 0.2) is 0 Å². The Morgan fingerprint density at radius 3 is 2.53 bits per heavy atom. The lowest BCUT2D eigenvalue weighted by Gasteiger charge is -2.23. The maximum Gasteiger partial charge on any atom is 0.130 e. The summed E-state index contributed by atoms with van der Waals surface area (Å²) < 4.78 is 27.4. The van der Waals surface area contributed by atoms with Crippen LogP contribution in [-0.4, -0.2) is 6.54 Å². The molecule has 0 heterocycles. The van der Waals surface area contributed by atoms with Crippen LogP contribution in [0.2, 0.25) is 0 Å². The third kappa shape index (κ3) is 3.53. The van der Waals surface area contributed by atoms with E-state index in [0.29, 0.717) is 17.0 Å². The van der Waals surface area contributed by atoms with Gasteiger partial charge in [-0.15, -0.1) is 0 Å². The van der Waals surface area contributed by atoms with E-state index >= 15 is 0 Å². The van der Waals surface area contributed by atoms with Crippen molar-refractivity contribution < 1.29 is 8.78 Å². The van der Waals surface area contributed by atoms with E-state index in [4.69, 9.17) is 0 Å². The quantitative estimate of drug-likeness (QED) is 0.828. The molecule has 0 spiro atoms. The van der Waals surface area contributed by atoms with E-state index in [2.05, 4.69) is 5.32 Å². The summed E-state index contributed by atoms with van der Waals surface area (Å²) in [5.41, 5.74) is 1.14. The van der Waals surface area contributed by atoms with Gasteiger partial charge < -0.3 is 5.32 Å². The molecule has 0 aliphatic heterocycles. The minimum Gasteiger partial charge on any atom is -0.310 e. The van der Waals surface area contributed by atoms with Gasteiger partial charge in [-0.25, -0.2) is 8.78 Å². The Hall–Kier alpha value is -0.960. The van der Waals surface area contributed by atoms with Gasteiger partial charge in [0.1, 0.15) is 11.6 Å². The van der Waals surface area contributed by atoms with Crippen LogP contribution in [0, 0.1) is 24.5 Å². The second-order valence-corrected chi connectivity index (χ2v) is 5.62. The van der Waals surface area contributed by atoms with Gasteiger partial charge in [-0.05, 0) is 37.4 Å². The summed E-state index contributed by atoms with van der Waals surface area (Å²) in [6.45, 7) is 4.51. The van der Waals surface area contributed by atoms with Crippen LogP contribution in [0.25, 0.3) is 0 Å². The highest BCUT2D eigenvalue weighted by Gasteiger charge is 2.23. The van der Waals surface area contributed by atoms with Gasteiger partial charge in [0.2, 0.25) is 0 Å². The molecule has 106 valence electrons. The van der Waals surface area contributed by atoms with Crippen molar-refractivity contribution in [2.45, 2.75) is 52.0 Å². The van der Waals surface area contributed by atoms with E-state index in [9.17, 15) is 8.78 Å². The lowest BCUT2D eigenvalue weighted by Crippen LogP contribution is -2.24. The third-order valence-corrected chi connectivity index (χ3v) is 4.15. The first kappa shape index (κ1) is 14.4. The average Bonchev–Trinajstić information content (AvgIpc) is 2.86. The minimum atomic E-state index is -0.461. The maximum atomic E-state index is 14.0. The molecule has 1 aliphatic rings. The molecule has 0 radical (unpaired) electrons. The first-order chi connectivity index (χ1) is 9.11. The highest BCUT2D eigenvalue weighted by atomic mass is 19.1. The Kier molecular flexibility index (Phi) is 4.92. The molecule has 0 bridgehead atoms. The number of hydrogen-bond donors (Lipinski definition) is 1. The molecule has 3 heteroatoms. The van der Waals surface area contributed by atoms with E-state index in [1.807, 2.05) is 6.92 Å². The Morgan fingerprint density at radius 2 is 1.89 bits per heavy atom. The number of nitrogens with one attached hydrogen (secondary N) is 1. The van der Waals surface area contributed by atoms with Gasteiger partial charge in [0.25, 0.3) is 0 Å². The summed E-state index contributed by atoms with van der Waals surface area (Å²) in [6, 6.07) is 2.68. The zero-order chi connectivity index (χ0) is 13.8. The lowest BCUT2D eigenvalue weighted by molar-refractivity contribution is 0.389. The van der Waals surface area contributed by atoms with Crippen LogP contribution in [0.5, 0.6) is 0 Å². The van der Waals surface area contributed by atoms with Crippen molar-refractivity contribution in [3.05, 3.63) is 34.9 Å². The maximum absolute atomic E-state index is 14.0. The van der Waals surface area contributed by atoms with Crippen molar-refractivity contribution >= 4 is 0 Å². The minimum absolute atomic E-state index is 0.00685. The fraction of sp³-hybridized carbons (Fsp3) is 0.625. The Bertz CT molecular complexity index is 425. The van der Waals surface area contributed by atoms with Crippen molar-refractivity contribution in [1.82, 2.24) is 5.32 Å². The first-order valence-corrected chi connectivity index (χ1v) is 7.30. The second kappa shape index (κ2) is 6.47. The number of rotatable bonds is 5. The number of aryl methyl sites for hydroxylation is 1. The van der Waals surface area contributed by atoms with Crippen LogP contribution < -0.4 is 5.32 Å². The van der Waals surface area contributed by atoms with Crippen LogP contribution >= 0.6 is 0 Å². The molecule has 1 aliphatic carbocycles. The fourth-order valence-corrected chi connectivity index (χ4v) is 3.09. The number of hydrogen-bond acceptors (Lipinski definition) is 1. The molecule has 1 saturated carbocycles. The van der Waals surface area contributed by atoms with E-state index in [0.717, 1.165) is 19.0 Å². The Morgan fingerprint density at radius 1 is 1.21 bits per heavy atom. The van der Waals surface area contributed by atoms with Gasteiger partial charge in [-0.3, -0.25) is 0 Å². The molecule has 19 heavy (non-hydrogen) atoms. The normalized spacial score (nSPS) is 17.9. The largest absolute Gasteiger partial charge is 0.310 e. The van der Waals surface area contributed by atoms with Crippen molar-refractivity contribution in [1.29, 1.82) is 0 Å². The van der Waals surface area contributed by atoms with E-state index < -0.39 is 11.6 Å². The monoisotopic (exact) mass is 267 g/mol. The molecule has 1 nitrogen and oxygen atoms in total. The van der Waals surface area contributed by atoms with Crippen LogP contribution in [0.3, 0.4) is 0 Å². The molecule has 0 saturated heterocycles. The van der Waals surface area contributed by atoms with Crippen LogP contribution in [-0.2, 0) is 0 Å². The van der Waals surface area contributed by atoms with E-state index in [1.54, 1.807) is 13.0 Å². The predicted molar refractivity (Wildman–Crippen MR) is 74.1 cm³/mol. The van der Waals surface area contributed by atoms with Crippen LogP contribution in [0.15, 0.2) is 12.1 Å². The molecular formula is C16H23F2N. The predicted octanol–water partition coefficient (Wildman–Crippen LogP) is 4.50. The summed E-state index contributed by atoms with van der Waals surface area (Å²) in [6.07, 6.45) is 6.01. The van der Waals surface area contributed by atoms with Crippen molar-refractivity contribution in [3.63, 3.8) is 0 Å². The first-order valence-electron chi connectivity index (χ1n) is 7.30. The van der Waals surface area contributed by atoms with Gasteiger partial charge in [-0.1, -0.05) is 32.6 Å². The van der Waals surface area contributed by atoms with Crippen LogP contribution in [0.1, 0.15) is 56.2 Å². The van der Waals surface area contributed by atoms with Gasteiger partial charge >= 0.3 is 0 Å². The van der Waals surface area contributed by atoms with Crippen molar-refractivity contribution in [2.75, 3.05) is 6.54 Å². The number of benzene rings is 1. The summed E-state index contributed by atoms with van der Waals surface area (Å²) in [5.74, 6) is -0.210. The SMILES string of the molecule is CCNC(CC1CCCC1)c1cc(C)c(F)cc1F. The molecule has 1 fully saturated rings. The van der Waals surface area contributed by atoms with Crippen molar-refractivity contribution in [3.8, 4) is 0 Å². The Labute approximate surface area is 114 Å². The van der Waals surface area contributed by atoms with Crippen LogP contribution in [0.4, 0.5) is 8.78 Å². The lowest BCUT2D eigenvalue weighted by atomic mass is 9.92. The standard InChI is InChI=1S/C16H23F2N/c1-3-19-16(9-12-6-4-5-7-12)13-8-11(2)14(17)10-15(13)18/h8,10,12,16,19H,3-7,9H2,1-2H3. The molecule has 0 amide bonds. The third-order valence-electron chi connectivity index (χ3n) is 4.15. The molecule has 1 aromatic rings. The smallest absolute Gasteiger partial charge is 0.130 e. The van der Waals surface area contributed by atoms with Gasteiger partial charge in [-0.2, -0.15) is 0 Å². The Balaban J connectivity index is 2.19. The zero-order valence-corrected chi connectivity index (χ0v) is 11.8. The summed E-state index contributed by atoms with van der Waals surface area (Å²) in [4.78, 5) is 0. The summed E-state index contributed by atoms with van der Waals surface area (Å²) in [5, 5.41) is 3.35. The summed E-state index contributed by atoms with van der Waals surface area (Å²) in [7, 11) is 0. The fourth-order valence-electron chi connectivity index (χ4n) is 3.09.